The van der Waals surface area contributed by atoms with Gasteiger partial charge < -0.3 is 5.73 Å². The third-order valence-electron chi connectivity index (χ3n) is 1.11. The van der Waals surface area contributed by atoms with E-state index in [4.69, 9.17) is 5.73 Å². The number of hydrogen-bond acceptors (Lipinski definition) is 3. The van der Waals surface area contributed by atoms with E-state index in [1.54, 1.807) is 0 Å². The van der Waals surface area contributed by atoms with E-state index in [1.807, 2.05) is 6.92 Å². The molecule has 0 aliphatic rings. The molecule has 1 aromatic heterocycles. The maximum Gasteiger partial charge on any atom is 0.160 e. The highest BCUT2D eigenvalue weighted by molar-refractivity contribution is 9.11. The Bertz CT molecular complexity index is 234. The quantitative estimate of drug-likeness (QED) is 0.780. The predicted molar refractivity (Wildman–Crippen MR) is 46.6 cm³/mol. The number of anilines is 1. The second kappa shape index (κ2) is 2.84. The van der Waals surface area contributed by atoms with Crippen molar-refractivity contribution in [1.82, 2.24) is 10.2 Å². The molecule has 0 saturated carbocycles. The number of nitrogen functional groups attached to an aromatic ring is 1. The van der Waals surface area contributed by atoms with Crippen LogP contribution in [-0.2, 0) is 0 Å². The van der Waals surface area contributed by atoms with Crippen molar-refractivity contribution in [3.8, 4) is 0 Å². The second-order valence-corrected chi connectivity index (χ2v) is 3.36. The lowest BCUT2D eigenvalue weighted by atomic mass is 10.3. The van der Waals surface area contributed by atoms with Crippen molar-refractivity contribution in [3.63, 3.8) is 0 Å². The molecule has 54 valence electrons. The molecule has 0 spiro atoms. The van der Waals surface area contributed by atoms with Gasteiger partial charge >= 0.3 is 0 Å². The van der Waals surface area contributed by atoms with Crippen molar-refractivity contribution >= 4 is 37.7 Å². The summed E-state index contributed by atoms with van der Waals surface area (Å²) >= 11 is 6.49. The normalized spacial score (nSPS) is 9.90. The van der Waals surface area contributed by atoms with Gasteiger partial charge in [-0.15, -0.1) is 10.2 Å². The maximum absolute atomic E-state index is 5.45. The molecule has 0 saturated heterocycles. The number of nitrogens with two attached hydrogens (primary N) is 1. The van der Waals surface area contributed by atoms with E-state index >= 15 is 0 Å². The zero-order valence-corrected chi connectivity index (χ0v) is 8.40. The van der Waals surface area contributed by atoms with Crippen molar-refractivity contribution in [3.05, 3.63) is 14.6 Å². The van der Waals surface area contributed by atoms with E-state index in [-0.39, 0.29) is 0 Å². The third kappa shape index (κ3) is 1.29. The Hall–Kier alpha value is -0.160. The number of nitrogens with zero attached hydrogens (tertiary/aromatic N) is 2. The third-order valence-corrected chi connectivity index (χ3v) is 2.86. The second-order valence-electron chi connectivity index (χ2n) is 1.82. The molecule has 0 aromatic carbocycles. The average molecular weight is 267 g/mol. The smallest absolute Gasteiger partial charge is 0.160 e. The highest BCUT2D eigenvalue weighted by Gasteiger charge is 2.04. The first-order chi connectivity index (χ1) is 4.63. The van der Waals surface area contributed by atoms with E-state index in [0.717, 1.165) is 10.0 Å². The Morgan fingerprint density at radius 1 is 1.30 bits per heavy atom. The summed E-state index contributed by atoms with van der Waals surface area (Å²) < 4.78 is 1.52. The van der Waals surface area contributed by atoms with Crippen molar-refractivity contribution in [1.29, 1.82) is 0 Å². The maximum atomic E-state index is 5.45. The van der Waals surface area contributed by atoms with Crippen LogP contribution in [0.3, 0.4) is 0 Å². The molecule has 0 unspecified atom stereocenters. The summed E-state index contributed by atoms with van der Waals surface area (Å²) in [4.78, 5) is 0. The van der Waals surface area contributed by atoms with Crippen LogP contribution in [0.25, 0.3) is 0 Å². The molecule has 5 heteroatoms. The van der Waals surface area contributed by atoms with Gasteiger partial charge in [0.05, 0.1) is 4.47 Å². The summed E-state index contributed by atoms with van der Waals surface area (Å²) in [6.07, 6.45) is 0. The number of halogens is 2. The summed E-state index contributed by atoms with van der Waals surface area (Å²) in [7, 11) is 0. The van der Waals surface area contributed by atoms with Crippen molar-refractivity contribution in [2.75, 3.05) is 5.73 Å². The van der Waals surface area contributed by atoms with E-state index in [9.17, 15) is 0 Å². The molecular formula is C5H5Br2N3. The Kier molecular flexibility index (Phi) is 2.25. The monoisotopic (exact) mass is 265 g/mol. The Morgan fingerprint density at radius 3 is 2.40 bits per heavy atom. The van der Waals surface area contributed by atoms with Gasteiger partial charge in [0, 0.05) is 5.56 Å². The van der Waals surface area contributed by atoms with E-state index in [2.05, 4.69) is 42.1 Å². The molecule has 1 aromatic rings. The molecule has 0 radical (unpaired) electrons. The lowest BCUT2D eigenvalue weighted by Crippen LogP contribution is -1.97. The Balaban J connectivity index is 3.34. The zero-order valence-electron chi connectivity index (χ0n) is 5.23. The van der Waals surface area contributed by atoms with Gasteiger partial charge in [-0.3, -0.25) is 0 Å². The zero-order chi connectivity index (χ0) is 7.72. The minimum atomic E-state index is 0.417. The van der Waals surface area contributed by atoms with Gasteiger partial charge in [0.1, 0.15) is 4.60 Å². The summed E-state index contributed by atoms with van der Waals surface area (Å²) in [6, 6.07) is 0. The van der Waals surface area contributed by atoms with E-state index in [1.165, 1.54) is 0 Å². The van der Waals surface area contributed by atoms with Gasteiger partial charge in [0.15, 0.2) is 5.82 Å². The van der Waals surface area contributed by atoms with Crippen LogP contribution in [0.5, 0.6) is 0 Å². The first-order valence-corrected chi connectivity index (χ1v) is 4.15. The largest absolute Gasteiger partial charge is 0.381 e. The molecule has 10 heavy (non-hydrogen) atoms. The molecule has 1 rings (SSSR count). The van der Waals surface area contributed by atoms with Gasteiger partial charge in [-0.1, -0.05) is 0 Å². The first kappa shape index (κ1) is 7.94. The van der Waals surface area contributed by atoms with E-state index < -0.39 is 0 Å². The standard InChI is InChI=1S/C5H5Br2N3/c1-2-3(6)5(8)10-9-4(2)7/h1H3,(H2,8,10). The van der Waals surface area contributed by atoms with Crippen LogP contribution in [-0.4, -0.2) is 10.2 Å². The summed E-state index contributed by atoms with van der Waals surface area (Å²) in [5, 5.41) is 7.42. The van der Waals surface area contributed by atoms with Gasteiger partial charge in [-0.2, -0.15) is 0 Å². The Labute approximate surface area is 75.3 Å². The number of aromatic nitrogens is 2. The fourth-order valence-corrected chi connectivity index (χ4v) is 1.31. The van der Waals surface area contributed by atoms with Crippen LogP contribution in [0.2, 0.25) is 0 Å². The van der Waals surface area contributed by atoms with Crippen LogP contribution < -0.4 is 5.73 Å². The fraction of sp³-hybridized carbons (Fsp3) is 0.200. The molecular weight excluding hydrogens is 262 g/mol. The highest BCUT2D eigenvalue weighted by Crippen LogP contribution is 2.25. The molecule has 0 aliphatic heterocycles. The molecule has 0 aliphatic carbocycles. The minimum Gasteiger partial charge on any atom is -0.381 e. The number of hydrogen-bond donors (Lipinski definition) is 1. The van der Waals surface area contributed by atoms with Crippen molar-refractivity contribution in [2.24, 2.45) is 0 Å². The van der Waals surface area contributed by atoms with Crippen LogP contribution in [0.4, 0.5) is 5.82 Å². The summed E-state index contributed by atoms with van der Waals surface area (Å²) in [5.74, 6) is 0.417. The molecule has 3 nitrogen and oxygen atoms in total. The predicted octanol–water partition coefficient (Wildman–Crippen LogP) is 1.89. The lowest BCUT2D eigenvalue weighted by molar-refractivity contribution is 0.988. The molecule has 0 atom stereocenters. The van der Waals surface area contributed by atoms with Crippen LogP contribution >= 0.6 is 31.9 Å². The minimum absolute atomic E-state index is 0.417. The van der Waals surface area contributed by atoms with Crippen molar-refractivity contribution < 1.29 is 0 Å². The van der Waals surface area contributed by atoms with Gasteiger partial charge in [-0.25, -0.2) is 0 Å². The van der Waals surface area contributed by atoms with Gasteiger partial charge in [0.25, 0.3) is 0 Å². The fourth-order valence-electron chi connectivity index (χ4n) is 0.499. The topological polar surface area (TPSA) is 51.8 Å². The average Bonchev–Trinajstić information content (AvgIpc) is 1.93. The van der Waals surface area contributed by atoms with Gasteiger partial charge in [0.2, 0.25) is 0 Å². The number of rotatable bonds is 0. The molecule has 0 amide bonds. The molecule has 1 heterocycles. The summed E-state index contributed by atoms with van der Waals surface area (Å²) in [5.41, 5.74) is 6.41. The summed E-state index contributed by atoms with van der Waals surface area (Å²) in [6.45, 7) is 1.90. The van der Waals surface area contributed by atoms with Crippen LogP contribution in [0.15, 0.2) is 9.08 Å². The van der Waals surface area contributed by atoms with Crippen LogP contribution in [0.1, 0.15) is 5.56 Å². The van der Waals surface area contributed by atoms with E-state index in [0.29, 0.717) is 10.4 Å². The SMILES string of the molecule is Cc1c(Br)nnc(N)c1Br. The highest BCUT2D eigenvalue weighted by atomic mass is 79.9. The lowest BCUT2D eigenvalue weighted by Gasteiger charge is -2.00. The van der Waals surface area contributed by atoms with Crippen molar-refractivity contribution in [2.45, 2.75) is 6.92 Å². The molecule has 0 fully saturated rings. The van der Waals surface area contributed by atoms with Crippen LogP contribution in [0, 0.1) is 6.92 Å². The molecule has 2 N–H and O–H groups in total. The first-order valence-electron chi connectivity index (χ1n) is 2.56. The van der Waals surface area contributed by atoms with Gasteiger partial charge in [-0.05, 0) is 38.8 Å². The Morgan fingerprint density at radius 2 is 1.90 bits per heavy atom. The molecule has 0 bridgehead atoms.